The quantitative estimate of drug-likeness (QED) is 0.218. The van der Waals surface area contributed by atoms with Gasteiger partial charge in [0.1, 0.15) is 12.5 Å². The standard InChI is InChI=1S/C28H34N2O5/c1-4-12-20(3)28(34)35-19-25(22-16-10-7-11-17-22)30-27(33)23(13-5-2)26(32)29-24(18-31)21-14-8-6-9-15-21/h4-11,14-17,20,23-25,31H,1-2,12-13,18-19H2,3H3,(H,29,32)(H,30,33)/t20-,23?,24-,25+/m0/s1. The van der Waals surface area contributed by atoms with Crippen LogP contribution >= 0.6 is 0 Å². The number of rotatable bonds is 14. The van der Waals surface area contributed by atoms with Crippen LogP contribution in [0.25, 0.3) is 0 Å². The maximum atomic E-state index is 13.2. The molecule has 2 aromatic carbocycles. The average Bonchev–Trinajstić information content (AvgIpc) is 2.88. The summed E-state index contributed by atoms with van der Waals surface area (Å²) in [5.74, 6) is -2.89. The maximum Gasteiger partial charge on any atom is 0.309 e. The monoisotopic (exact) mass is 478 g/mol. The molecule has 0 aromatic heterocycles. The van der Waals surface area contributed by atoms with Crippen molar-refractivity contribution in [2.45, 2.75) is 31.8 Å². The van der Waals surface area contributed by atoms with E-state index in [1.54, 1.807) is 37.3 Å². The van der Waals surface area contributed by atoms with Crippen molar-refractivity contribution in [1.29, 1.82) is 0 Å². The van der Waals surface area contributed by atoms with E-state index in [1.165, 1.54) is 6.08 Å². The molecule has 0 fully saturated rings. The molecule has 35 heavy (non-hydrogen) atoms. The normalized spacial score (nSPS) is 14.0. The Bertz CT molecular complexity index is 977. The number of aliphatic hydroxyl groups excluding tert-OH is 1. The number of carbonyl (C=O) groups is 3. The summed E-state index contributed by atoms with van der Waals surface area (Å²) < 4.78 is 5.46. The number of carbonyl (C=O) groups excluding carboxylic acids is 3. The third-order valence-electron chi connectivity index (χ3n) is 5.57. The van der Waals surface area contributed by atoms with Crippen molar-refractivity contribution in [3.8, 4) is 0 Å². The van der Waals surface area contributed by atoms with E-state index in [2.05, 4.69) is 23.8 Å². The molecule has 0 spiro atoms. The van der Waals surface area contributed by atoms with Crippen LogP contribution in [0.3, 0.4) is 0 Å². The second kappa shape index (κ2) is 14.5. The van der Waals surface area contributed by atoms with E-state index in [1.807, 2.05) is 36.4 Å². The Hall–Kier alpha value is -3.71. The molecule has 0 saturated heterocycles. The molecule has 1 unspecified atom stereocenters. The van der Waals surface area contributed by atoms with Crippen molar-refractivity contribution in [2.75, 3.05) is 13.2 Å². The summed E-state index contributed by atoms with van der Waals surface area (Å²) in [6, 6.07) is 16.8. The zero-order chi connectivity index (χ0) is 25.6. The highest BCUT2D eigenvalue weighted by Gasteiger charge is 2.30. The van der Waals surface area contributed by atoms with Crippen LogP contribution in [0.2, 0.25) is 0 Å². The molecule has 0 radical (unpaired) electrons. The number of esters is 1. The molecule has 0 bridgehead atoms. The first-order valence-corrected chi connectivity index (χ1v) is 11.6. The summed E-state index contributed by atoms with van der Waals surface area (Å²) in [6.45, 7) is 8.66. The highest BCUT2D eigenvalue weighted by molar-refractivity contribution is 6.00. The molecule has 2 rings (SSSR count). The number of benzene rings is 2. The zero-order valence-corrected chi connectivity index (χ0v) is 20.1. The first kappa shape index (κ1) is 27.5. The fourth-order valence-electron chi connectivity index (χ4n) is 3.52. The van der Waals surface area contributed by atoms with Crippen LogP contribution in [-0.4, -0.2) is 36.1 Å². The Morgan fingerprint density at radius 1 is 0.857 bits per heavy atom. The number of amides is 2. The highest BCUT2D eigenvalue weighted by Crippen LogP contribution is 2.18. The molecule has 0 aliphatic heterocycles. The number of hydrogen-bond donors (Lipinski definition) is 3. The molecule has 0 heterocycles. The summed E-state index contributed by atoms with van der Waals surface area (Å²) >= 11 is 0. The first-order chi connectivity index (χ1) is 16.9. The van der Waals surface area contributed by atoms with Crippen LogP contribution < -0.4 is 10.6 Å². The Labute approximate surface area is 206 Å². The van der Waals surface area contributed by atoms with Crippen LogP contribution in [0.5, 0.6) is 0 Å². The van der Waals surface area contributed by atoms with E-state index >= 15 is 0 Å². The van der Waals surface area contributed by atoms with Gasteiger partial charge in [-0.05, 0) is 24.0 Å². The minimum absolute atomic E-state index is 0.0816. The lowest BCUT2D eigenvalue weighted by Crippen LogP contribution is -2.45. The predicted octanol–water partition coefficient (Wildman–Crippen LogP) is 3.64. The lowest BCUT2D eigenvalue weighted by molar-refractivity contribution is -0.149. The molecular weight excluding hydrogens is 444 g/mol. The van der Waals surface area contributed by atoms with Crippen molar-refractivity contribution in [1.82, 2.24) is 10.6 Å². The van der Waals surface area contributed by atoms with Gasteiger partial charge in [-0.1, -0.05) is 79.7 Å². The summed E-state index contributed by atoms with van der Waals surface area (Å²) in [5, 5.41) is 15.4. The Morgan fingerprint density at radius 2 is 1.34 bits per heavy atom. The number of nitrogens with one attached hydrogen (secondary N) is 2. The van der Waals surface area contributed by atoms with Crippen molar-refractivity contribution in [3.63, 3.8) is 0 Å². The molecule has 186 valence electrons. The van der Waals surface area contributed by atoms with Gasteiger partial charge < -0.3 is 20.5 Å². The molecule has 0 aliphatic rings. The van der Waals surface area contributed by atoms with Crippen LogP contribution in [0.15, 0.2) is 86.0 Å². The smallest absolute Gasteiger partial charge is 0.309 e. The number of allylic oxidation sites excluding steroid dienone is 2. The lowest BCUT2D eigenvalue weighted by atomic mass is 9.99. The summed E-state index contributed by atoms with van der Waals surface area (Å²) in [7, 11) is 0. The van der Waals surface area contributed by atoms with Crippen molar-refractivity contribution < 1.29 is 24.2 Å². The number of aliphatic hydroxyl groups is 1. The van der Waals surface area contributed by atoms with Crippen molar-refractivity contribution in [3.05, 3.63) is 97.1 Å². The minimum Gasteiger partial charge on any atom is -0.463 e. The molecule has 2 aromatic rings. The third-order valence-corrected chi connectivity index (χ3v) is 5.57. The first-order valence-electron chi connectivity index (χ1n) is 11.6. The van der Waals surface area contributed by atoms with E-state index in [-0.39, 0.29) is 25.6 Å². The molecule has 0 aliphatic carbocycles. The molecule has 7 heteroatoms. The highest BCUT2D eigenvalue weighted by atomic mass is 16.5. The van der Waals surface area contributed by atoms with Crippen LogP contribution in [0, 0.1) is 11.8 Å². The lowest BCUT2D eigenvalue weighted by Gasteiger charge is -2.24. The fraction of sp³-hybridized carbons (Fsp3) is 0.321. The van der Waals surface area contributed by atoms with Gasteiger partial charge in [0.15, 0.2) is 0 Å². The maximum absolute atomic E-state index is 13.2. The van der Waals surface area contributed by atoms with Gasteiger partial charge in [0.05, 0.1) is 24.6 Å². The van der Waals surface area contributed by atoms with Gasteiger partial charge in [-0.25, -0.2) is 0 Å². The number of ether oxygens (including phenoxy) is 1. The predicted molar refractivity (Wildman–Crippen MR) is 135 cm³/mol. The van der Waals surface area contributed by atoms with Gasteiger partial charge in [-0.3, -0.25) is 14.4 Å². The van der Waals surface area contributed by atoms with Gasteiger partial charge in [-0.15, -0.1) is 13.2 Å². The van der Waals surface area contributed by atoms with Gasteiger partial charge in [-0.2, -0.15) is 0 Å². The van der Waals surface area contributed by atoms with E-state index in [4.69, 9.17) is 4.74 Å². The van der Waals surface area contributed by atoms with Gasteiger partial charge >= 0.3 is 5.97 Å². The molecule has 0 saturated carbocycles. The Morgan fingerprint density at radius 3 is 1.83 bits per heavy atom. The molecular formula is C28H34N2O5. The van der Waals surface area contributed by atoms with Crippen molar-refractivity contribution in [2.24, 2.45) is 11.8 Å². The Balaban J connectivity index is 2.15. The van der Waals surface area contributed by atoms with Gasteiger partial charge in [0.25, 0.3) is 0 Å². The fourth-order valence-corrected chi connectivity index (χ4v) is 3.52. The van der Waals surface area contributed by atoms with E-state index in [0.29, 0.717) is 6.42 Å². The summed E-state index contributed by atoms with van der Waals surface area (Å²) in [5.41, 5.74) is 1.46. The SMILES string of the molecule is C=CCC(C(=O)N[C@@H](CO)c1ccccc1)C(=O)N[C@H](COC(=O)[C@@H](C)CC=C)c1ccccc1. The van der Waals surface area contributed by atoms with E-state index in [9.17, 15) is 19.5 Å². The van der Waals surface area contributed by atoms with E-state index < -0.39 is 35.8 Å². The Kier molecular flexibility index (Phi) is 11.4. The number of hydrogen-bond acceptors (Lipinski definition) is 5. The molecule has 3 N–H and O–H groups in total. The molecule has 4 atom stereocenters. The van der Waals surface area contributed by atoms with Gasteiger partial charge in [0.2, 0.25) is 11.8 Å². The van der Waals surface area contributed by atoms with Crippen LogP contribution in [0.1, 0.15) is 43.0 Å². The second-order valence-electron chi connectivity index (χ2n) is 8.26. The zero-order valence-electron chi connectivity index (χ0n) is 20.1. The van der Waals surface area contributed by atoms with Crippen molar-refractivity contribution >= 4 is 17.8 Å². The minimum atomic E-state index is -1.08. The summed E-state index contributed by atoms with van der Waals surface area (Å²) in [4.78, 5) is 38.6. The van der Waals surface area contributed by atoms with E-state index in [0.717, 1.165) is 11.1 Å². The average molecular weight is 479 g/mol. The van der Waals surface area contributed by atoms with Gasteiger partial charge in [0, 0.05) is 0 Å². The topological polar surface area (TPSA) is 105 Å². The van der Waals surface area contributed by atoms with Crippen LogP contribution in [0.4, 0.5) is 0 Å². The summed E-state index contributed by atoms with van der Waals surface area (Å²) in [6.07, 6.45) is 3.73. The second-order valence-corrected chi connectivity index (χ2v) is 8.26. The molecule has 2 amide bonds. The largest absolute Gasteiger partial charge is 0.463 e. The molecule has 7 nitrogen and oxygen atoms in total. The van der Waals surface area contributed by atoms with Crippen LogP contribution in [-0.2, 0) is 19.1 Å². The third kappa shape index (κ3) is 8.54.